The SMILES string of the molecule is O=S(=O)(CCO)[C@H]1CCCC[C@@H]1O. The Kier molecular flexibility index (Phi) is 3.70. The standard InChI is InChI=1S/C8H16O4S/c9-5-6-13(11,12)8-4-2-1-3-7(8)10/h7-10H,1-6H2/t7-,8-/m0/s1. The van der Waals surface area contributed by atoms with Crippen molar-refractivity contribution in [2.45, 2.75) is 37.0 Å². The van der Waals surface area contributed by atoms with E-state index in [1.807, 2.05) is 0 Å². The third kappa shape index (κ3) is 2.65. The molecule has 0 aromatic heterocycles. The largest absolute Gasteiger partial charge is 0.395 e. The molecule has 13 heavy (non-hydrogen) atoms. The normalized spacial score (nSPS) is 30.3. The lowest BCUT2D eigenvalue weighted by Crippen LogP contribution is -2.38. The van der Waals surface area contributed by atoms with Crippen LogP contribution < -0.4 is 0 Å². The molecule has 1 aliphatic rings. The molecule has 0 aliphatic heterocycles. The molecule has 0 spiro atoms. The molecule has 0 aromatic rings. The molecule has 1 aliphatic carbocycles. The summed E-state index contributed by atoms with van der Waals surface area (Å²) in [5.41, 5.74) is 0. The van der Waals surface area contributed by atoms with E-state index < -0.39 is 21.2 Å². The summed E-state index contributed by atoms with van der Waals surface area (Å²) < 4.78 is 23.0. The predicted molar refractivity (Wildman–Crippen MR) is 49.1 cm³/mol. The van der Waals surface area contributed by atoms with Crippen LogP contribution in [0.4, 0.5) is 0 Å². The highest BCUT2D eigenvalue weighted by molar-refractivity contribution is 7.92. The first-order valence-corrected chi connectivity index (χ1v) is 6.30. The highest BCUT2D eigenvalue weighted by Crippen LogP contribution is 2.24. The van der Waals surface area contributed by atoms with Crippen LogP contribution in [-0.2, 0) is 9.84 Å². The molecule has 0 aromatic carbocycles. The van der Waals surface area contributed by atoms with Crippen LogP contribution in [0.5, 0.6) is 0 Å². The molecule has 0 bridgehead atoms. The summed E-state index contributed by atoms with van der Waals surface area (Å²) in [4.78, 5) is 0. The minimum Gasteiger partial charge on any atom is -0.395 e. The molecular formula is C8H16O4S. The minimum atomic E-state index is -3.28. The van der Waals surface area contributed by atoms with Crippen molar-refractivity contribution >= 4 is 9.84 Å². The Hall–Kier alpha value is -0.130. The van der Waals surface area contributed by atoms with Gasteiger partial charge in [-0.05, 0) is 12.8 Å². The van der Waals surface area contributed by atoms with Gasteiger partial charge in [0.05, 0.1) is 23.7 Å². The summed E-state index contributed by atoms with van der Waals surface area (Å²) in [7, 11) is -3.28. The first-order chi connectivity index (χ1) is 6.08. The van der Waals surface area contributed by atoms with Crippen LogP contribution >= 0.6 is 0 Å². The third-order valence-electron chi connectivity index (χ3n) is 2.50. The fourth-order valence-corrected chi connectivity index (χ4v) is 3.47. The van der Waals surface area contributed by atoms with E-state index in [0.717, 1.165) is 12.8 Å². The molecule has 0 heterocycles. The molecule has 5 heteroatoms. The maximum atomic E-state index is 11.5. The second-order valence-corrected chi connectivity index (χ2v) is 5.82. The quantitative estimate of drug-likeness (QED) is 0.667. The summed E-state index contributed by atoms with van der Waals surface area (Å²) in [6.45, 7) is -0.356. The van der Waals surface area contributed by atoms with Crippen molar-refractivity contribution in [2.24, 2.45) is 0 Å². The van der Waals surface area contributed by atoms with Crippen molar-refractivity contribution in [3.8, 4) is 0 Å². The maximum Gasteiger partial charge on any atom is 0.157 e. The van der Waals surface area contributed by atoms with Gasteiger partial charge in [-0.15, -0.1) is 0 Å². The van der Waals surface area contributed by atoms with E-state index in [1.165, 1.54) is 0 Å². The van der Waals surface area contributed by atoms with Crippen LogP contribution in [-0.4, -0.2) is 42.3 Å². The molecule has 0 unspecified atom stereocenters. The van der Waals surface area contributed by atoms with Crippen LogP contribution in [0.25, 0.3) is 0 Å². The first-order valence-electron chi connectivity index (χ1n) is 4.58. The van der Waals surface area contributed by atoms with E-state index in [4.69, 9.17) is 5.11 Å². The topological polar surface area (TPSA) is 74.6 Å². The lowest BCUT2D eigenvalue weighted by atomic mass is 9.97. The van der Waals surface area contributed by atoms with E-state index in [1.54, 1.807) is 0 Å². The minimum absolute atomic E-state index is 0.227. The Bertz CT molecular complexity index is 247. The van der Waals surface area contributed by atoms with Crippen molar-refractivity contribution in [3.63, 3.8) is 0 Å². The monoisotopic (exact) mass is 208 g/mol. The van der Waals surface area contributed by atoms with Crippen LogP contribution in [0.1, 0.15) is 25.7 Å². The molecule has 0 radical (unpaired) electrons. The van der Waals surface area contributed by atoms with Crippen molar-refractivity contribution < 1.29 is 18.6 Å². The lowest BCUT2D eigenvalue weighted by molar-refractivity contribution is 0.133. The van der Waals surface area contributed by atoms with Crippen LogP contribution in [0.2, 0.25) is 0 Å². The Morgan fingerprint density at radius 2 is 1.85 bits per heavy atom. The van der Waals surface area contributed by atoms with Gasteiger partial charge in [-0.1, -0.05) is 12.8 Å². The molecule has 2 N–H and O–H groups in total. The fourth-order valence-electron chi connectivity index (χ4n) is 1.77. The van der Waals surface area contributed by atoms with Crippen molar-refractivity contribution in [1.82, 2.24) is 0 Å². The van der Waals surface area contributed by atoms with Gasteiger partial charge in [-0.25, -0.2) is 8.42 Å². The van der Waals surface area contributed by atoms with Crippen molar-refractivity contribution in [2.75, 3.05) is 12.4 Å². The molecule has 0 amide bonds. The van der Waals surface area contributed by atoms with E-state index in [9.17, 15) is 13.5 Å². The Labute approximate surface area is 78.5 Å². The molecule has 4 nitrogen and oxygen atoms in total. The van der Waals surface area contributed by atoms with Gasteiger partial charge in [0.1, 0.15) is 0 Å². The summed E-state index contributed by atoms with van der Waals surface area (Å²) in [5, 5.41) is 17.4. The maximum absolute atomic E-state index is 11.5. The zero-order valence-corrected chi connectivity index (χ0v) is 8.33. The highest BCUT2D eigenvalue weighted by atomic mass is 32.2. The molecule has 0 saturated heterocycles. The molecule has 1 saturated carbocycles. The second-order valence-electron chi connectivity index (χ2n) is 3.48. The van der Waals surface area contributed by atoms with E-state index in [2.05, 4.69) is 0 Å². The zero-order chi connectivity index (χ0) is 9.90. The van der Waals surface area contributed by atoms with E-state index in [0.29, 0.717) is 12.8 Å². The van der Waals surface area contributed by atoms with Gasteiger partial charge < -0.3 is 10.2 Å². The molecule has 2 atom stereocenters. The van der Waals surface area contributed by atoms with Gasteiger partial charge in [0.2, 0.25) is 0 Å². The summed E-state index contributed by atoms with van der Waals surface area (Å²) in [6.07, 6.45) is 2.11. The number of hydrogen-bond acceptors (Lipinski definition) is 4. The second kappa shape index (κ2) is 4.39. The highest BCUT2D eigenvalue weighted by Gasteiger charge is 2.33. The number of aliphatic hydroxyl groups excluding tert-OH is 2. The Balaban J connectivity index is 2.68. The van der Waals surface area contributed by atoms with Crippen LogP contribution in [0.15, 0.2) is 0 Å². The average Bonchev–Trinajstić information content (AvgIpc) is 2.04. The van der Waals surface area contributed by atoms with Gasteiger partial charge in [0.25, 0.3) is 0 Å². The number of rotatable bonds is 3. The van der Waals surface area contributed by atoms with Crippen molar-refractivity contribution in [3.05, 3.63) is 0 Å². The van der Waals surface area contributed by atoms with E-state index in [-0.39, 0.29) is 12.4 Å². The molecule has 1 fully saturated rings. The van der Waals surface area contributed by atoms with Gasteiger partial charge in [0.15, 0.2) is 9.84 Å². The smallest absolute Gasteiger partial charge is 0.157 e. The fraction of sp³-hybridized carbons (Fsp3) is 1.00. The number of aliphatic hydroxyl groups is 2. The van der Waals surface area contributed by atoms with Gasteiger partial charge in [0, 0.05) is 0 Å². The number of hydrogen-bond donors (Lipinski definition) is 2. The third-order valence-corrected chi connectivity index (χ3v) is 4.73. The van der Waals surface area contributed by atoms with Crippen LogP contribution in [0, 0.1) is 0 Å². The number of sulfone groups is 1. The van der Waals surface area contributed by atoms with Crippen LogP contribution in [0.3, 0.4) is 0 Å². The Morgan fingerprint density at radius 3 is 2.38 bits per heavy atom. The van der Waals surface area contributed by atoms with E-state index >= 15 is 0 Å². The van der Waals surface area contributed by atoms with Gasteiger partial charge in [-0.3, -0.25) is 0 Å². The zero-order valence-electron chi connectivity index (χ0n) is 7.52. The summed E-state index contributed by atoms with van der Waals surface area (Å²) in [6, 6.07) is 0. The molecule has 1 rings (SSSR count). The van der Waals surface area contributed by atoms with Crippen molar-refractivity contribution in [1.29, 1.82) is 0 Å². The predicted octanol–water partition coefficient (Wildman–Crippen LogP) is -0.303. The Morgan fingerprint density at radius 1 is 1.23 bits per heavy atom. The molecular weight excluding hydrogens is 192 g/mol. The summed E-state index contributed by atoms with van der Waals surface area (Å²) in [5.74, 6) is -0.227. The summed E-state index contributed by atoms with van der Waals surface area (Å²) >= 11 is 0. The van der Waals surface area contributed by atoms with Gasteiger partial charge >= 0.3 is 0 Å². The lowest BCUT2D eigenvalue weighted by Gasteiger charge is -2.26. The molecule has 78 valence electrons. The first kappa shape index (κ1) is 10.9. The van der Waals surface area contributed by atoms with Gasteiger partial charge in [-0.2, -0.15) is 0 Å². The average molecular weight is 208 g/mol.